The maximum Gasteiger partial charge on any atom is 0.251 e. The van der Waals surface area contributed by atoms with E-state index in [4.69, 9.17) is 4.74 Å². The Kier molecular flexibility index (Phi) is 4.88. The van der Waals surface area contributed by atoms with Crippen LogP contribution in [0.25, 0.3) is 0 Å². The zero-order valence-corrected chi connectivity index (χ0v) is 13.7. The summed E-state index contributed by atoms with van der Waals surface area (Å²) >= 11 is 0. The van der Waals surface area contributed by atoms with Gasteiger partial charge in [0.15, 0.2) is 0 Å². The average molecular weight is 317 g/mol. The van der Waals surface area contributed by atoms with Gasteiger partial charge in [-0.25, -0.2) is 4.98 Å². The summed E-state index contributed by atoms with van der Waals surface area (Å²) < 4.78 is 7.79. The van der Waals surface area contributed by atoms with E-state index in [9.17, 15) is 4.79 Å². The molecule has 3 rings (SSSR count). The van der Waals surface area contributed by atoms with Crippen LogP contribution in [-0.4, -0.2) is 44.3 Å². The Morgan fingerprint density at radius 1 is 1.48 bits per heavy atom. The number of hydrogen-bond acceptors (Lipinski definition) is 5. The number of morpholine rings is 1. The Labute approximate surface area is 135 Å². The van der Waals surface area contributed by atoms with Crippen molar-refractivity contribution in [3.8, 4) is 0 Å². The van der Waals surface area contributed by atoms with E-state index in [-0.39, 0.29) is 11.7 Å². The van der Waals surface area contributed by atoms with Crippen molar-refractivity contribution in [3.05, 3.63) is 45.9 Å². The molecule has 1 aliphatic rings. The Morgan fingerprint density at radius 3 is 3.13 bits per heavy atom. The molecule has 2 aromatic heterocycles. The highest BCUT2D eigenvalue weighted by Gasteiger charge is 2.24. The van der Waals surface area contributed by atoms with Crippen LogP contribution in [0.15, 0.2) is 23.3 Å². The molecule has 1 N–H and O–H groups in total. The minimum atomic E-state index is -0.157. The van der Waals surface area contributed by atoms with E-state index in [0.717, 1.165) is 32.6 Å². The number of H-pyrrole nitrogens is 1. The SMILES string of the molecule is CCCn1cc(CN2CCO[C@H](c3cc(=O)[nH]c(C)n3)C2)cn1. The molecule has 1 atom stereocenters. The van der Waals surface area contributed by atoms with Crippen LogP contribution in [0.2, 0.25) is 0 Å². The summed E-state index contributed by atoms with van der Waals surface area (Å²) in [5.41, 5.74) is 1.78. The number of aromatic nitrogens is 4. The predicted octanol–water partition coefficient (Wildman–Crippen LogP) is 1.26. The normalized spacial score (nSPS) is 19.1. The first-order chi connectivity index (χ1) is 11.1. The molecule has 7 heteroatoms. The number of aromatic amines is 1. The number of nitrogens with one attached hydrogen (secondary N) is 1. The van der Waals surface area contributed by atoms with Crippen LogP contribution in [0, 0.1) is 6.92 Å². The van der Waals surface area contributed by atoms with E-state index in [0.29, 0.717) is 18.1 Å². The van der Waals surface area contributed by atoms with Crippen molar-refractivity contribution in [1.29, 1.82) is 0 Å². The average Bonchev–Trinajstić information content (AvgIpc) is 2.94. The molecular formula is C16H23N5O2. The van der Waals surface area contributed by atoms with Crippen LogP contribution < -0.4 is 5.56 Å². The summed E-state index contributed by atoms with van der Waals surface area (Å²) in [6.07, 6.45) is 4.95. The number of aryl methyl sites for hydroxylation is 2. The lowest BCUT2D eigenvalue weighted by atomic mass is 10.2. The van der Waals surface area contributed by atoms with Gasteiger partial charge < -0.3 is 9.72 Å². The minimum Gasteiger partial charge on any atom is -0.369 e. The Balaban J connectivity index is 1.66. The van der Waals surface area contributed by atoms with Crippen molar-refractivity contribution in [2.24, 2.45) is 0 Å². The highest BCUT2D eigenvalue weighted by Crippen LogP contribution is 2.21. The lowest BCUT2D eigenvalue weighted by molar-refractivity contribution is -0.0351. The molecule has 0 radical (unpaired) electrons. The minimum absolute atomic E-state index is 0.130. The van der Waals surface area contributed by atoms with Crippen LogP contribution in [-0.2, 0) is 17.8 Å². The first-order valence-electron chi connectivity index (χ1n) is 8.07. The molecule has 0 spiro atoms. The van der Waals surface area contributed by atoms with E-state index in [1.165, 1.54) is 11.6 Å². The smallest absolute Gasteiger partial charge is 0.251 e. The van der Waals surface area contributed by atoms with Gasteiger partial charge in [0.25, 0.3) is 5.56 Å². The standard InChI is InChI=1S/C16H23N5O2/c1-3-4-21-10-13(8-17-21)9-20-5-6-23-15(11-20)14-7-16(22)19-12(2)18-14/h7-8,10,15H,3-6,9,11H2,1-2H3,(H,18,19,22)/t15-/m0/s1. The van der Waals surface area contributed by atoms with Crippen LogP contribution in [0.1, 0.15) is 36.5 Å². The summed E-state index contributed by atoms with van der Waals surface area (Å²) in [5.74, 6) is 0.620. The third kappa shape index (κ3) is 4.05. The third-order valence-corrected chi connectivity index (χ3v) is 3.91. The molecule has 0 amide bonds. The Hall–Kier alpha value is -1.99. The second-order valence-electron chi connectivity index (χ2n) is 5.96. The van der Waals surface area contributed by atoms with Crippen LogP contribution in [0.3, 0.4) is 0 Å². The molecule has 0 bridgehead atoms. The molecule has 0 aromatic carbocycles. The molecule has 0 unspecified atom stereocenters. The van der Waals surface area contributed by atoms with Gasteiger partial charge in [0.05, 0.1) is 18.5 Å². The van der Waals surface area contributed by atoms with Crippen LogP contribution in [0.5, 0.6) is 0 Å². The van der Waals surface area contributed by atoms with Crippen molar-refractivity contribution in [2.45, 2.75) is 39.5 Å². The molecule has 3 heterocycles. The van der Waals surface area contributed by atoms with Crippen molar-refractivity contribution in [2.75, 3.05) is 19.7 Å². The van der Waals surface area contributed by atoms with Gasteiger partial charge in [-0.05, 0) is 13.3 Å². The highest BCUT2D eigenvalue weighted by atomic mass is 16.5. The highest BCUT2D eigenvalue weighted by molar-refractivity contribution is 5.08. The van der Waals surface area contributed by atoms with Crippen LogP contribution >= 0.6 is 0 Å². The second-order valence-corrected chi connectivity index (χ2v) is 5.96. The van der Waals surface area contributed by atoms with Crippen molar-refractivity contribution in [3.63, 3.8) is 0 Å². The van der Waals surface area contributed by atoms with E-state index in [2.05, 4.69) is 33.1 Å². The van der Waals surface area contributed by atoms with Gasteiger partial charge in [-0.3, -0.25) is 14.4 Å². The summed E-state index contributed by atoms with van der Waals surface area (Å²) in [6.45, 7) is 7.96. The fourth-order valence-corrected chi connectivity index (χ4v) is 2.89. The first kappa shape index (κ1) is 15.9. The molecule has 1 aliphatic heterocycles. The van der Waals surface area contributed by atoms with E-state index >= 15 is 0 Å². The predicted molar refractivity (Wildman–Crippen MR) is 86.1 cm³/mol. The quantitative estimate of drug-likeness (QED) is 0.898. The Bertz CT molecular complexity index is 708. The molecule has 23 heavy (non-hydrogen) atoms. The monoisotopic (exact) mass is 317 g/mol. The zero-order valence-electron chi connectivity index (χ0n) is 13.7. The van der Waals surface area contributed by atoms with Gasteiger partial charge >= 0.3 is 0 Å². The summed E-state index contributed by atoms with van der Waals surface area (Å²) in [5, 5.41) is 4.37. The third-order valence-electron chi connectivity index (χ3n) is 3.91. The van der Waals surface area contributed by atoms with E-state index in [1.807, 2.05) is 10.9 Å². The van der Waals surface area contributed by atoms with Gasteiger partial charge in [-0.15, -0.1) is 0 Å². The molecule has 2 aromatic rings. The fraction of sp³-hybridized carbons (Fsp3) is 0.562. The topological polar surface area (TPSA) is 76.0 Å². The van der Waals surface area contributed by atoms with Crippen molar-refractivity contribution < 1.29 is 4.74 Å². The Morgan fingerprint density at radius 2 is 2.35 bits per heavy atom. The maximum absolute atomic E-state index is 11.6. The zero-order chi connectivity index (χ0) is 16.2. The molecule has 7 nitrogen and oxygen atoms in total. The summed E-state index contributed by atoms with van der Waals surface area (Å²) in [7, 11) is 0. The fourth-order valence-electron chi connectivity index (χ4n) is 2.89. The lowest BCUT2D eigenvalue weighted by Crippen LogP contribution is -2.38. The largest absolute Gasteiger partial charge is 0.369 e. The summed E-state index contributed by atoms with van der Waals surface area (Å²) in [6, 6.07) is 1.53. The lowest BCUT2D eigenvalue weighted by Gasteiger charge is -2.32. The summed E-state index contributed by atoms with van der Waals surface area (Å²) in [4.78, 5) is 21.0. The van der Waals surface area contributed by atoms with Gasteiger partial charge in [0, 0.05) is 44.0 Å². The molecule has 124 valence electrons. The second kappa shape index (κ2) is 7.06. The van der Waals surface area contributed by atoms with Gasteiger partial charge in [-0.1, -0.05) is 6.92 Å². The van der Waals surface area contributed by atoms with Gasteiger partial charge in [0.2, 0.25) is 0 Å². The molecular weight excluding hydrogens is 294 g/mol. The molecule has 1 fully saturated rings. The van der Waals surface area contributed by atoms with E-state index in [1.54, 1.807) is 6.92 Å². The van der Waals surface area contributed by atoms with E-state index < -0.39 is 0 Å². The first-order valence-corrected chi connectivity index (χ1v) is 8.07. The molecule has 0 saturated carbocycles. The van der Waals surface area contributed by atoms with Crippen LogP contribution in [0.4, 0.5) is 0 Å². The van der Waals surface area contributed by atoms with Crippen molar-refractivity contribution >= 4 is 0 Å². The number of nitrogens with zero attached hydrogens (tertiary/aromatic N) is 4. The number of rotatable bonds is 5. The maximum atomic E-state index is 11.6. The van der Waals surface area contributed by atoms with Gasteiger partial charge in [0.1, 0.15) is 11.9 Å². The number of hydrogen-bond donors (Lipinski definition) is 1. The molecule has 0 aliphatic carbocycles. The van der Waals surface area contributed by atoms with Gasteiger partial charge in [-0.2, -0.15) is 5.10 Å². The molecule has 1 saturated heterocycles. The van der Waals surface area contributed by atoms with Crippen molar-refractivity contribution in [1.82, 2.24) is 24.6 Å². The number of ether oxygens (including phenoxy) is 1.